The molecular weight excluding hydrogens is 336 g/mol. The van der Waals surface area contributed by atoms with Crippen molar-refractivity contribution in [1.29, 1.82) is 0 Å². The first kappa shape index (κ1) is 16.1. The summed E-state index contributed by atoms with van der Waals surface area (Å²) in [7, 11) is 1.73. The molecule has 0 N–H and O–H groups in total. The Labute approximate surface area is 150 Å². The molecule has 1 aromatic heterocycles. The number of likely N-dealkylation sites (tertiary alicyclic amines) is 1. The van der Waals surface area contributed by atoms with E-state index < -0.39 is 5.60 Å². The van der Waals surface area contributed by atoms with Crippen LogP contribution in [0, 0.1) is 6.92 Å². The van der Waals surface area contributed by atoms with Crippen LogP contribution in [-0.2, 0) is 4.74 Å². The van der Waals surface area contributed by atoms with Crippen molar-refractivity contribution in [3.05, 3.63) is 46.2 Å². The van der Waals surface area contributed by atoms with E-state index in [2.05, 4.69) is 0 Å². The highest BCUT2D eigenvalue weighted by molar-refractivity contribution is 7.10. The number of carbonyl (C=O) groups is 2. The lowest BCUT2D eigenvalue weighted by molar-refractivity contribution is 0.0553. The number of benzene rings is 1. The minimum atomic E-state index is -0.542. The molecule has 1 atom stereocenters. The fraction of sp³-hybridized carbons (Fsp3) is 0.368. The van der Waals surface area contributed by atoms with Gasteiger partial charge < -0.3 is 14.5 Å². The van der Waals surface area contributed by atoms with E-state index in [1.165, 1.54) is 0 Å². The Morgan fingerprint density at radius 1 is 1.24 bits per heavy atom. The number of likely N-dealkylation sites (N-methyl/N-ethyl adjacent to an activating group) is 1. The van der Waals surface area contributed by atoms with Crippen molar-refractivity contribution in [2.75, 3.05) is 26.7 Å². The van der Waals surface area contributed by atoms with Gasteiger partial charge in [-0.1, -0.05) is 30.3 Å². The smallest absolute Gasteiger partial charge is 0.410 e. The number of ether oxygens (including phenoxy) is 1. The Kier molecular flexibility index (Phi) is 3.80. The molecule has 0 aliphatic carbocycles. The maximum atomic E-state index is 13.1. The third-order valence-electron chi connectivity index (χ3n) is 5.01. The molecule has 25 heavy (non-hydrogen) atoms. The molecule has 0 unspecified atom stereocenters. The highest BCUT2D eigenvalue weighted by Gasteiger charge is 2.49. The molecule has 2 saturated heterocycles. The van der Waals surface area contributed by atoms with E-state index in [-0.39, 0.29) is 12.0 Å². The van der Waals surface area contributed by atoms with Gasteiger partial charge in [-0.2, -0.15) is 0 Å². The number of nitrogens with zero attached hydrogens (tertiary/aromatic N) is 2. The van der Waals surface area contributed by atoms with Gasteiger partial charge in [-0.05, 0) is 12.5 Å². The fourth-order valence-electron chi connectivity index (χ4n) is 3.77. The zero-order chi connectivity index (χ0) is 17.6. The first-order valence-corrected chi connectivity index (χ1v) is 9.24. The van der Waals surface area contributed by atoms with E-state index in [1.807, 2.05) is 47.5 Å². The Balaban J connectivity index is 1.60. The number of carbonyl (C=O) groups excluding carboxylic acids is 2. The van der Waals surface area contributed by atoms with Crippen molar-refractivity contribution in [2.45, 2.75) is 18.9 Å². The van der Waals surface area contributed by atoms with E-state index >= 15 is 0 Å². The number of amides is 2. The molecule has 1 spiro atoms. The second-order valence-corrected chi connectivity index (χ2v) is 7.91. The molecule has 6 heteroatoms. The summed E-state index contributed by atoms with van der Waals surface area (Å²) in [6.07, 6.45) is 0.393. The second kappa shape index (κ2) is 5.88. The van der Waals surface area contributed by atoms with Gasteiger partial charge in [0.1, 0.15) is 0 Å². The summed E-state index contributed by atoms with van der Waals surface area (Å²) in [5.41, 5.74) is 2.27. The van der Waals surface area contributed by atoms with E-state index in [0.29, 0.717) is 26.1 Å². The molecule has 2 aromatic rings. The normalized spacial score (nSPS) is 22.7. The first-order chi connectivity index (χ1) is 12.0. The lowest BCUT2D eigenvalue weighted by Crippen LogP contribution is -2.39. The summed E-state index contributed by atoms with van der Waals surface area (Å²) in [6.45, 7) is 3.67. The van der Waals surface area contributed by atoms with Crippen LogP contribution in [0.1, 0.15) is 21.7 Å². The Bertz CT molecular complexity index is 832. The molecule has 0 bridgehead atoms. The lowest BCUT2D eigenvalue weighted by atomic mass is 10.0. The SMILES string of the molecule is Cc1scc(C(=O)N2CC[C@@]3(CN(C)C(=O)O3)C2)c1-c1ccccc1. The van der Waals surface area contributed by atoms with Crippen molar-refractivity contribution in [3.63, 3.8) is 0 Å². The summed E-state index contributed by atoms with van der Waals surface area (Å²) >= 11 is 1.60. The zero-order valence-corrected chi connectivity index (χ0v) is 15.1. The van der Waals surface area contributed by atoms with Gasteiger partial charge >= 0.3 is 6.09 Å². The highest BCUT2D eigenvalue weighted by atomic mass is 32.1. The van der Waals surface area contributed by atoms with Crippen LogP contribution in [0.5, 0.6) is 0 Å². The van der Waals surface area contributed by atoms with Gasteiger partial charge in [0.25, 0.3) is 5.91 Å². The minimum absolute atomic E-state index is 0.0191. The van der Waals surface area contributed by atoms with Crippen LogP contribution in [0.2, 0.25) is 0 Å². The summed E-state index contributed by atoms with van der Waals surface area (Å²) in [5, 5.41) is 1.94. The first-order valence-electron chi connectivity index (χ1n) is 8.36. The van der Waals surface area contributed by atoms with Crippen LogP contribution in [0.3, 0.4) is 0 Å². The molecule has 2 aliphatic heterocycles. The molecule has 1 aromatic carbocycles. The van der Waals surface area contributed by atoms with Gasteiger partial charge in [0.15, 0.2) is 5.60 Å². The number of thiophene rings is 1. The van der Waals surface area contributed by atoms with Crippen LogP contribution in [0.25, 0.3) is 11.1 Å². The number of hydrogen-bond acceptors (Lipinski definition) is 4. The quantitative estimate of drug-likeness (QED) is 0.829. The van der Waals surface area contributed by atoms with Crippen LogP contribution in [-0.4, -0.2) is 54.1 Å². The van der Waals surface area contributed by atoms with Gasteiger partial charge in [0.2, 0.25) is 0 Å². The Hall–Kier alpha value is -2.34. The Morgan fingerprint density at radius 2 is 2.00 bits per heavy atom. The number of aryl methyl sites for hydroxylation is 1. The monoisotopic (exact) mass is 356 g/mol. The van der Waals surface area contributed by atoms with Crippen molar-refractivity contribution in [3.8, 4) is 11.1 Å². The predicted molar refractivity (Wildman–Crippen MR) is 96.9 cm³/mol. The van der Waals surface area contributed by atoms with E-state index in [9.17, 15) is 9.59 Å². The Morgan fingerprint density at radius 3 is 2.68 bits per heavy atom. The largest absolute Gasteiger partial charge is 0.439 e. The molecule has 2 fully saturated rings. The lowest BCUT2D eigenvalue weighted by Gasteiger charge is -2.22. The van der Waals surface area contributed by atoms with E-state index in [0.717, 1.165) is 21.6 Å². The average Bonchev–Trinajstić information content (AvgIpc) is 3.26. The molecule has 0 saturated carbocycles. The third-order valence-corrected chi connectivity index (χ3v) is 5.92. The maximum Gasteiger partial charge on any atom is 0.410 e. The zero-order valence-electron chi connectivity index (χ0n) is 14.3. The minimum Gasteiger partial charge on any atom is -0.439 e. The van der Waals surface area contributed by atoms with Crippen LogP contribution < -0.4 is 0 Å². The van der Waals surface area contributed by atoms with Crippen molar-refractivity contribution >= 4 is 23.3 Å². The summed E-state index contributed by atoms with van der Waals surface area (Å²) in [6, 6.07) is 10.0. The standard InChI is InChI=1S/C19H20N2O3S/c1-13-16(14-6-4-3-5-7-14)15(10-25-13)17(22)21-9-8-19(12-21)11-20(2)18(23)24-19/h3-7,10H,8-9,11-12H2,1-2H3/t19-/m1/s1. The molecular formula is C19H20N2O3S. The molecule has 0 radical (unpaired) electrons. The predicted octanol–water partition coefficient (Wildman–Crippen LogP) is 3.39. The molecule has 2 amide bonds. The van der Waals surface area contributed by atoms with E-state index in [1.54, 1.807) is 23.3 Å². The third kappa shape index (κ3) is 2.70. The van der Waals surface area contributed by atoms with Gasteiger partial charge in [0.05, 0.1) is 18.7 Å². The summed E-state index contributed by atoms with van der Waals surface area (Å²) in [4.78, 5) is 29.4. The molecule has 3 heterocycles. The van der Waals surface area contributed by atoms with Crippen molar-refractivity contribution in [1.82, 2.24) is 9.80 Å². The van der Waals surface area contributed by atoms with Crippen LogP contribution >= 0.6 is 11.3 Å². The number of hydrogen-bond donors (Lipinski definition) is 0. The van der Waals surface area contributed by atoms with Gasteiger partial charge in [-0.15, -0.1) is 11.3 Å². The average molecular weight is 356 g/mol. The van der Waals surface area contributed by atoms with Crippen molar-refractivity contribution < 1.29 is 14.3 Å². The van der Waals surface area contributed by atoms with E-state index in [4.69, 9.17) is 4.74 Å². The molecule has 2 aliphatic rings. The number of rotatable bonds is 2. The van der Waals surface area contributed by atoms with Gasteiger partial charge in [-0.25, -0.2) is 4.79 Å². The topological polar surface area (TPSA) is 49.9 Å². The summed E-state index contributed by atoms with van der Waals surface area (Å²) < 4.78 is 5.55. The molecule has 5 nitrogen and oxygen atoms in total. The molecule has 130 valence electrons. The maximum absolute atomic E-state index is 13.1. The second-order valence-electron chi connectivity index (χ2n) is 6.83. The molecule has 4 rings (SSSR count). The van der Waals surface area contributed by atoms with Crippen molar-refractivity contribution in [2.24, 2.45) is 0 Å². The van der Waals surface area contributed by atoms with Crippen LogP contribution in [0.4, 0.5) is 4.79 Å². The highest BCUT2D eigenvalue weighted by Crippen LogP contribution is 2.36. The van der Waals surface area contributed by atoms with Gasteiger partial charge in [-0.3, -0.25) is 4.79 Å². The fourth-order valence-corrected chi connectivity index (χ4v) is 4.63. The van der Waals surface area contributed by atoms with Crippen LogP contribution in [0.15, 0.2) is 35.7 Å². The van der Waals surface area contributed by atoms with Gasteiger partial charge in [0, 0.05) is 35.8 Å². The summed E-state index contributed by atoms with van der Waals surface area (Å²) in [5.74, 6) is 0.0191.